The second kappa shape index (κ2) is 52.2. The van der Waals surface area contributed by atoms with E-state index in [1.54, 1.807) is 0 Å². The number of hydrogen-bond donors (Lipinski definition) is 0. The molecule has 0 spiro atoms. The summed E-state index contributed by atoms with van der Waals surface area (Å²) in [6, 6.07) is 0. The van der Waals surface area contributed by atoms with Gasteiger partial charge in [0.25, 0.3) is 0 Å². The number of rotatable bonds is 57. The first-order chi connectivity index (χ1) is 31.4. The van der Waals surface area contributed by atoms with Crippen LogP contribution in [-0.2, 0) is 10.1 Å². The summed E-state index contributed by atoms with van der Waals surface area (Å²) < 4.78 is 36.9. The van der Waals surface area contributed by atoms with Gasteiger partial charge >= 0.3 is 0 Å². The molecule has 0 aliphatic heterocycles. The maximum absolute atomic E-state index is 12.0. The second-order valence-electron chi connectivity index (χ2n) is 21.5. The molecule has 0 fully saturated rings. The molecular weight excluding hydrogens is 803 g/mol. The summed E-state index contributed by atoms with van der Waals surface area (Å²) >= 11 is 0. The Morgan fingerprint density at radius 2 is 0.375 bits per heavy atom. The van der Waals surface area contributed by atoms with E-state index >= 15 is 0 Å². The third-order valence-corrected chi connectivity index (χ3v) is 15.7. The monoisotopic (exact) mass is 924 g/mol. The summed E-state index contributed by atoms with van der Waals surface area (Å²) in [4.78, 5) is 0. The molecular formula is C59H121NO3S. The van der Waals surface area contributed by atoms with Crippen LogP contribution in [0.2, 0.25) is 0 Å². The van der Waals surface area contributed by atoms with Gasteiger partial charge in [0.15, 0.2) is 0 Å². The number of unbranched alkanes of at least 4 members (excludes halogenated alkanes) is 48. The van der Waals surface area contributed by atoms with Gasteiger partial charge in [-0.1, -0.05) is 310 Å². The Bertz CT molecular complexity index is 876. The largest absolute Gasteiger partial charge is 0.748 e. The van der Waals surface area contributed by atoms with Gasteiger partial charge in [-0.05, 0) is 38.5 Å². The maximum atomic E-state index is 12.0. The number of nitrogens with zero attached hydrogens (tertiary/aromatic N) is 1. The highest BCUT2D eigenvalue weighted by Gasteiger charge is 2.27. The quantitative estimate of drug-likeness (QED) is 0.0347. The van der Waals surface area contributed by atoms with Gasteiger partial charge in [-0.2, -0.15) is 0 Å². The Morgan fingerprint density at radius 1 is 0.234 bits per heavy atom. The van der Waals surface area contributed by atoms with Crippen LogP contribution in [0.15, 0.2) is 0 Å². The van der Waals surface area contributed by atoms with E-state index in [0.717, 1.165) is 24.1 Å². The van der Waals surface area contributed by atoms with Crippen LogP contribution in [0.25, 0.3) is 0 Å². The van der Waals surface area contributed by atoms with Gasteiger partial charge in [0.2, 0.25) is 0 Å². The molecule has 64 heavy (non-hydrogen) atoms. The maximum Gasteiger partial charge on any atom is 0.100 e. The molecule has 0 aromatic rings. The van der Waals surface area contributed by atoms with Gasteiger partial charge in [-0.3, -0.25) is 0 Å². The molecule has 0 N–H and O–H groups in total. The molecule has 0 saturated heterocycles. The SMILES string of the molecule is CCCCCCCCCCCCCCCCCCC[N+](CCCCCCCCCCCCCCCCCCC)(CCCCCCCCCCCCCCCCCCC)CCS(=O)(=O)[O-]. The van der Waals surface area contributed by atoms with E-state index in [4.69, 9.17) is 0 Å². The molecule has 0 aromatic carbocycles. The lowest BCUT2D eigenvalue weighted by Crippen LogP contribution is -2.52. The minimum Gasteiger partial charge on any atom is -0.748 e. The van der Waals surface area contributed by atoms with Crippen molar-refractivity contribution < 1.29 is 17.5 Å². The van der Waals surface area contributed by atoms with Crippen molar-refractivity contribution in [3.63, 3.8) is 0 Å². The highest BCUT2D eigenvalue weighted by molar-refractivity contribution is 7.85. The van der Waals surface area contributed by atoms with Crippen molar-refractivity contribution in [2.24, 2.45) is 0 Å². The van der Waals surface area contributed by atoms with E-state index in [0.29, 0.717) is 6.54 Å². The molecule has 0 rings (SSSR count). The lowest BCUT2D eigenvalue weighted by Gasteiger charge is -2.40. The van der Waals surface area contributed by atoms with E-state index in [-0.39, 0.29) is 5.75 Å². The lowest BCUT2D eigenvalue weighted by atomic mass is 10.0. The molecule has 0 heterocycles. The fraction of sp³-hybridized carbons (Fsp3) is 1.00. The van der Waals surface area contributed by atoms with Crippen molar-refractivity contribution in [3.05, 3.63) is 0 Å². The van der Waals surface area contributed by atoms with Gasteiger partial charge < -0.3 is 9.04 Å². The predicted molar refractivity (Wildman–Crippen MR) is 287 cm³/mol. The Morgan fingerprint density at radius 3 is 0.516 bits per heavy atom. The molecule has 386 valence electrons. The molecule has 5 heteroatoms. The molecule has 0 radical (unpaired) electrons. The smallest absolute Gasteiger partial charge is 0.100 e. The van der Waals surface area contributed by atoms with Crippen LogP contribution in [0.3, 0.4) is 0 Å². The summed E-state index contributed by atoms with van der Waals surface area (Å²) in [5, 5.41) is 0. The van der Waals surface area contributed by atoms with Gasteiger partial charge in [0, 0.05) is 0 Å². The third-order valence-electron chi connectivity index (χ3n) is 15.0. The van der Waals surface area contributed by atoms with Crippen LogP contribution in [0.5, 0.6) is 0 Å². The van der Waals surface area contributed by atoms with Crippen LogP contribution in [0.4, 0.5) is 0 Å². The van der Waals surface area contributed by atoms with E-state index in [2.05, 4.69) is 20.8 Å². The van der Waals surface area contributed by atoms with Gasteiger partial charge in [0.1, 0.15) is 10.1 Å². The normalized spacial score (nSPS) is 12.2. The number of hydrogen-bond acceptors (Lipinski definition) is 3. The zero-order valence-corrected chi connectivity index (χ0v) is 45.5. The summed E-state index contributed by atoms with van der Waals surface area (Å²) in [5.41, 5.74) is 0. The van der Waals surface area contributed by atoms with Crippen LogP contribution >= 0.6 is 0 Å². The first kappa shape index (κ1) is 63.9. The zero-order valence-electron chi connectivity index (χ0n) is 44.7. The van der Waals surface area contributed by atoms with Crippen molar-refractivity contribution in [1.29, 1.82) is 0 Å². The minimum atomic E-state index is -4.21. The van der Waals surface area contributed by atoms with Crippen molar-refractivity contribution >= 4 is 10.1 Å². The third kappa shape index (κ3) is 51.3. The molecule has 0 aliphatic rings. The number of quaternary nitrogens is 1. The highest BCUT2D eigenvalue weighted by Crippen LogP contribution is 2.21. The first-order valence-electron chi connectivity index (χ1n) is 30.2. The van der Waals surface area contributed by atoms with E-state index in [9.17, 15) is 13.0 Å². The lowest BCUT2D eigenvalue weighted by molar-refractivity contribution is -0.926. The fourth-order valence-electron chi connectivity index (χ4n) is 10.5. The zero-order chi connectivity index (χ0) is 46.6. The van der Waals surface area contributed by atoms with Gasteiger partial charge in [-0.15, -0.1) is 0 Å². The minimum absolute atomic E-state index is 0.191. The van der Waals surface area contributed by atoms with Crippen molar-refractivity contribution in [2.45, 2.75) is 348 Å². The van der Waals surface area contributed by atoms with E-state index in [1.807, 2.05) is 0 Å². The Labute approximate surface area is 406 Å². The summed E-state index contributed by atoms with van der Waals surface area (Å²) in [7, 11) is -4.21. The standard InChI is InChI=1S/C59H121NO3S/c1-4-7-10-13-16-19-22-25-28-31-34-37-40-43-46-49-52-55-60(58-59-64(61,62)63,56-53-50-47-44-41-38-35-32-29-26-23-20-17-14-11-8-5-2)57-54-51-48-45-42-39-36-33-30-27-24-21-18-15-12-9-6-3/h4-59H2,1-3H3. The average molecular weight is 925 g/mol. The molecule has 0 aliphatic carbocycles. The highest BCUT2D eigenvalue weighted by atomic mass is 32.2. The summed E-state index contributed by atoms with van der Waals surface area (Å²) in [6.07, 6.45) is 70.3. The van der Waals surface area contributed by atoms with Crippen LogP contribution in [0, 0.1) is 0 Å². The van der Waals surface area contributed by atoms with E-state index < -0.39 is 10.1 Å². The molecule has 0 unspecified atom stereocenters. The van der Waals surface area contributed by atoms with E-state index in [1.165, 1.54) is 327 Å². The Hall–Kier alpha value is -0.130. The van der Waals surface area contributed by atoms with Crippen LogP contribution in [0.1, 0.15) is 348 Å². The Balaban J connectivity index is 4.59. The Kier molecular flexibility index (Phi) is 52.1. The second-order valence-corrected chi connectivity index (χ2v) is 23.0. The van der Waals surface area contributed by atoms with Crippen molar-refractivity contribution in [3.8, 4) is 0 Å². The van der Waals surface area contributed by atoms with Crippen LogP contribution < -0.4 is 0 Å². The molecule has 0 bridgehead atoms. The van der Waals surface area contributed by atoms with Gasteiger partial charge in [0.05, 0.1) is 31.9 Å². The van der Waals surface area contributed by atoms with Crippen LogP contribution in [-0.4, -0.2) is 49.4 Å². The van der Waals surface area contributed by atoms with Crippen molar-refractivity contribution in [1.82, 2.24) is 0 Å². The molecule has 0 amide bonds. The first-order valence-corrected chi connectivity index (χ1v) is 31.8. The van der Waals surface area contributed by atoms with Crippen molar-refractivity contribution in [2.75, 3.05) is 31.9 Å². The summed E-state index contributed by atoms with van der Waals surface area (Å²) in [6.45, 7) is 10.6. The molecule has 0 saturated carbocycles. The molecule has 0 aromatic heterocycles. The topological polar surface area (TPSA) is 57.2 Å². The fourth-order valence-corrected chi connectivity index (χ4v) is 11.1. The van der Waals surface area contributed by atoms with Gasteiger partial charge in [-0.25, -0.2) is 8.42 Å². The molecule has 4 nitrogen and oxygen atoms in total. The average Bonchev–Trinajstić information content (AvgIpc) is 3.28. The predicted octanol–water partition coefficient (Wildman–Crippen LogP) is 20.3. The summed E-state index contributed by atoms with van der Waals surface area (Å²) in [5.74, 6) is -0.191. The molecule has 0 atom stereocenters.